The van der Waals surface area contributed by atoms with Gasteiger partial charge in [0.25, 0.3) is 0 Å². The fourth-order valence-corrected chi connectivity index (χ4v) is 11.3. The van der Waals surface area contributed by atoms with Gasteiger partial charge in [0, 0.05) is 13.8 Å². The number of fused-ring (bicyclic) bond motifs is 1. The molecule has 3 rings (SSSR count). The lowest BCUT2D eigenvalue weighted by atomic mass is 10.1. The van der Waals surface area contributed by atoms with Gasteiger partial charge in [0.1, 0.15) is 22.6 Å². The number of hydrogen-bond acceptors (Lipinski definition) is 9. The average Bonchev–Trinajstić information content (AvgIpc) is 3.30. The van der Waals surface area contributed by atoms with Crippen LogP contribution in [-0.2, 0) is 28.2 Å². The fraction of sp³-hybridized carbons (Fsp3) is 0.696. The molecule has 194 valence electrons. The number of nitrogens with zero attached hydrogens (tertiary/aromatic N) is 4. The first-order valence-corrected chi connectivity index (χ1v) is 14.8. The highest BCUT2D eigenvalue weighted by Crippen LogP contribution is 2.44. The van der Waals surface area contributed by atoms with E-state index >= 15 is 0 Å². The molecule has 1 aliphatic heterocycles. The lowest BCUT2D eigenvalue weighted by Gasteiger charge is -2.42. The Hall–Kier alpha value is -1.89. The second kappa shape index (κ2) is 11.0. The van der Waals surface area contributed by atoms with E-state index in [1.54, 1.807) is 10.9 Å². The Morgan fingerprint density at radius 2 is 1.57 bits per heavy atom. The fourth-order valence-electron chi connectivity index (χ4n) is 5.45. The second-order valence-corrected chi connectivity index (χ2v) is 16.0. The number of aromatic nitrogens is 4. The molecule has 2 aromatic rings. The number of carbonyl (C=O) groups is 2. The third-order valence-electron chi connectivity index (χ3n) is 6.68. The third-order valence-corrected chi connectivity index (χ3v) is 13.3. The summed E-state index contributed by atoms with van der Waals surface area (Å²) in [7, 11) is -2.23. The molecule has 35 heavy (non-hydrogen) atoms. The number of hydrogen-bond donors (Lipinski definition) is 0. The molecule has 0 aliphatic carbocycles. The van der Waals surface area contributed by atoms with Gasteiger partial charge in [0.2, 0.25) is 0 Å². The van der Waals surface area contributed by atoms with Crippen LogP contribution in [0, 0.1) is 0 Å². The van der Waals surface area contributed by atoms with Gasteiger partial charge in [-0.3, -0.25) is 14.2 Å². The zero-order valence-corrected chi connectivity index (χ0v) is 24.1. The number of esters is 2. The predicted octanol–water partition coefficient (Wildman–Crippen LogP) is 4.54. The summed E-state index contributed by atoms with van der Waals surface area (Å²) in [5.74, 6) is -1.01. The molecule has 0 aromatic carbocycles. The smallest absolute Gasteiger partial charge is 0.303 e. The van der Waals surface area contributed by atoms with Gasteiger partial charge in [-0.25, -0.2) is 15.0 Å². The Morgan fingerprint density at radius 3 is 2.11 bits per heavy atom. The molecule has 0 bridgehead atoms. The largest absolute Gasteiger partial charge is 0.456 e. The van der Waals surface area contributed by atoms with Crippen molar-refractivity contribution in [3.63, 3.8) is 0 Å². The zero-order chi connectivity index (χ0) is 26.1. The van der Waals surface area contributed by atoms with Crippen LogP contribution in [0.25, 0.3) is 11.2 Å². The molecule has 10 nitrogen and oxygen atoms in total. The second-order valence-electron chi connectivity index (χ2n) is 9.83. The highest BCUT2D eigenvalue weighted by atomic mass is 79.9. The molecule has 0 saturated carbocycles. The number of imidazole rings is 1. The first-order valence-electron chi connectivity index (χ1n) is 11.9. The van der Waals surface area contributed by atoms with Gasteiger partial charge in [0.05, 0.1) is 12.9 Å². The van der Waals surface area contributed by atoms with Crippen molar-refractivity contribution in [2.45, 2.75) is 96.6 Å². The topological polar surface area (TPSA) is 115 Å². The highest BCUT2D eigenvalue weighted by Gasteiger charge is 2.53. The van der Waals surface area contributed by atoms with Gasteiger partial charge in [-0.2, -0.15) is 0 Å². The molecule has 0 amide bonds. The van der Waals surface area contributed by atoms with Crippen LogP contribution in [0.5, 0.6) is 0 Å². The van der Waals surface area contributed by atoms with Crippen molar-refractivity contribution in [1.29, 1.82) is 0 Å². The van der Waals surface area contributed by atoms with E-state index in [1.807, 2.05) is 0 Å². The van der Waals surface area contributed by atoms with Crippen LogP contribution >= 0.6 is 15.9 Å². The SMILES string of the molecule is CC(=O)O[C@H]1[C@H](OC(C)=O)[C@@H](CO[Si](C(C)C)(C(C)C)C(C)C)O[C@H]1n1cnc2c(Br)ncnc21. The average molecular weight is 572 g/mol. The van der Waals surface area contributed by atoms with Gasteiger partial charge in [-0.1, -0.05) is 41.5 Å². The minimum atomic E-state index is -2.23. The van der Waals surface area contributed by atoms with E-state index < -0.39 is 44.8 Å². The molecular formula is C23H35BrN4O6Si. The van der Waals surface area contributed by atoms with Crippen LogP contribution in [-0.4, -0.2) is 64.7 Å². The lowest BCUT2D eigenvalue weighted by Crippen LogP contribution is -2.50. The molecule has 1 saturated heterocycles. The summed E-state index contributed by atoms with van der Waals surface area (Å²) in [4.78, 5) is 36.9. The Kier molecular flexibility index (Phi) is 8.72. The maximum Gasteiger partial charge on any atom is 0.303 e. The van der Waals surface area contributed by atoms with Crippen LogP contribution in [0.3, 0.4) is 0 Å². The first kappa shape index (κ1) is 27.7. The van der Waals surface area contributed by atoms with E-state index in [2.05, 4.69) is 72.4 Å². The number of rotatable bonds is 9. The van der Waals surface area contributed by atoms with E-state index in [0.717, 1.165) is 0 Å². The van der Waals surface area contributed by atoms with Gasteiger partial charge in [0.15, 0.2) is 32.4 Å². The molecule has 0 unspecified atom stereocenters. The summed E-state index contributed by atoms with van der Waals surface area (Å²) in [5, 5.41) is 0. The van der Waals surface area contributed by atoms with Crippen molar-refractivity contribution in [3.05, 3.63) is 17.3 Å². The number of halogens is 1. The summed E-state index contributed by atoms with van der Waals surface area (Å²) < 4.78 is 26.7. The van der Waals surface area contributed by atoms with Crippen molar-refractivity contribution >= 4 is 47.3 Å². The number of carbonyl (C=O) groups excluding carboxylic acids is 2. The predicted molar refractivity (Wildman–Crippen MR) is 135 cm³/mol. The summed E-state index contributed by atoms with van der Waals surface area (Å²) in [6, 6.07) is 0. The van der Waals surface area contributed by atoms with Crippen LogP contribution < -0.4 is 0 Å². The Bertz CT molecular complexity index is 1040. The van der Waals surface area contributed by atoms with Crippen molar-refractivity contribution in [1.82, 2.24) is 19.5 Å². The summed E-state index contributed by atoms with van der Waals surface area (Å²) in [5.41, 5.74) is 2.12. The van der Waals surface area contributed by atoms with Gasteiger partial charge in [-0.05, 0) is 32.6 Å². The summed E-state index contributed by atoms with van der Waals surface area (Å²) in [6.45, 7) is 16.0. The summed E-state index contributed by atoms with van der Waals surface area (Å²) in [6.07, 6.45) is -0.296. The molecule has 12 heteroatoms. The van der Waals surface area contributed by atoms with Crippen LogP contribution in [0.15, 0.2) is 17.3 Å². The van der Waals surface area contributed by atoms with Gasteiger partial charge >= 0.3 is 11.9 Å². The maximum absolute atomic E-state index is 12.1. The van der Waals surface area contributed by atoms with E-state index in [9.17, 15) is 9.59 Å². The molecule has 2 aromatic heterocycles. The van der Waals surface area contributed by atoms with Crippen LogP contribution in [0.2, 0.25) is 16.6 Å². The highest BCUT2D eigenvalue weighted by molar-refractivity contribution is 9.10. The molecular weight excluding hydrogens is 536 g/mol. The van der Waals surface area contributed by atoms with Crippen LogP contribution in [0.4, 0.5) is 0 Å². The van der Waals surface area contributed by atoms with Crippen LogP contribution in [0.1, 0.15) is 61.6 Å². The Labute approximate surface area is 215 Å². The van der Waals surface area contributed by atoms with E-state index in [1.165, 1.54) is 20.2 Å². The van der Waals surface area contributed by atoms with E-state index in [4.69, 9.17) is 18.6 Å². The normalized spacial score (nSPS) is 23.0. The molecule has 1 fully saturated rings. The molecule has 3 heterocycles. The molecule has 0 radical (unpaired) electrons. The van der Waals surface area contributed by atoms with Crippen molar-refractivity contribution < 1.29 is 28.2 Å². The van der Waals surface area contributed by atoms with Crippen molar-refractivity contribution in [2.24, 2.45) is 0 Å². The standard InChI is InChI=1S/C23H35BrN4O6Si/c1-12(2)35(13(3)4,14(5)6)31-9-17-19(32-15(7)29)20(33-16(8)30)23(34-17)28-11-27-18-21(24)25-10-26-22(18)28/h10-14,17,19-20,23H,9H2,1-8H3/t17-,19-,20+,23-/m1/s1. The third kappa shape index (κ3) is 5.45. The van der Waals surface area contributed by atoms with Gasteiger partial charge < -0.3 is 18.6 Å². The Balaban J connectivity index is 2.01. The molecule has 0 N–H and O–H groups in total. The Morgan fingerprint density at radius 1 is 1.00 bits per heavy atom. The van der Waals surface area contributed by atoms with E-state index in [0.29, 0.717) is 32.4 Å². The summed E-state index contributed by atoms with van der Waals surface area (Å²) >= 11 is 3.38. The van der Waals surface area contributed by atoms with Gasteiger partial charge in [-0.15, -0.1) is 0 Å². The molecule has 1 aliphatic rings. The minimum Gasteiger partial charge on any atom is -0.456 e. The van der Waals surface area contributed by atoms with Crippen molar-refractivity contribution in [2.75, 3.05) is 6.61 Å². The number of ether oxygens (including phenoxy) is 3. The maximum atomic E-state index is 12.1. The molecule has 0 spiro atoms. The molecule has 4 atom stereocenters. The lowest BCUT2D eigenvalue weighted by molar-refractivity contribution is -0.165. The monoisotopic (exact) mass is 570 g/mol. The first-order chi connectivity index (χ1) is 16.4. The minimum absolute atomic E-state index is 0.207. The quantitative estimate of drug-likeness (QED) is 0.243. The zero-order valence-electron chi connectivity index (χ0n) is 21.5. The van der Waals surface area contributed by atoms with Crippen molar-refractivity contribution in [3.8, 4) is 0 Å². The van der Waals surface area contributed by atoms with E-state index in [-0.39, 0.29) is 6.61 Å².